The van der Waals surface area contributed by atoms with Crippen LogP contribution in [0, 0.1) is 6.92 Å². The van der Waals surface area contributed by atoms with E-state index in [1.807, 2.05) is 19.1 Å². The number of aliphatic hydroxyl groups excluding tert-OH is 1. The van der Waals surface area contributed by atoms with Crippen LogP contribution >= 0.6 is 11.3 Å². The van der Waals surface area contributed by atoms with E-state index in [0.717, 1.165) is 4.88 Å². The summed E-state index contributed by atoms with van der Waals surface area (Å²) in [5.74, 6) is 0.385. The molecule has 0 aliphatic carbocycles. The third kappa shape index (κ3) is 2.00. The number of aromatic nitrogens is 1. The molecule has 0 spiro atoms. The van der Waals surface area contributed by atoms with E-state index in [-0.39, 0.29) is 0 Å². The van der Waals surface area contributed by atoms with E-state index in [9.17, 15) is 5.11 Å². The number of aliphatic hydroxyl groups is 1. The molecule has 2 rings (SSSR count). The highest BCUT2D eigenvalue weighted by molar-refractivity contribution is 7.12. The second kappa shape index (κ2) is 4.00. The summed E-state index contributed by atoms with van der Waals surface area (Å²) in [5, 5.41) is 10.1. The monoisotopic (exact) mass is 220 g/mol. The Morgan fingerprint density at radius 2 is 2.20 bits per heavy atom. The van der Waals surface area contributed by atoms with Gasteiger partial charge in [0.15, 0.2) is 0 Å². The number of aryl methyl sites for hydroxylation is 1. The second-order valence-corrected chi connectivity index (χ2v) is 4.65. The zero-order chi connectivity index (χ0) is 10.8. The van der Waals surface area contributed by atoms with Crippen molar-refractivity contribution in [2.75, 3.05) is 5.73 Å². The molecule has 2 aromatic heterocycles. The van der Waals surface area contributed by atoms with Gasteiger partial charge < -0.3 is 10.8 Å². The summed E-state index contributed by atoms with van der Waals surface area (Å²) in [5.41, 5.74) is 6.37. The van der Waals surface area contributed by atoms with Crippen molar-refractivity contribution in [3.8, 4) is 0 Å². The van der Waals surface area contributed by atoms with Crippen LogP contribution in [0.25, 0.3) is 0 Å². The van der Waals surface area contributed by atoms with Crippen LogP contribution < -0.4 is 5.73 Å². The van der Waals surface area contributed by atoms with E-state index in [1.54, 1.807) is 29.7 Å². The number of rotatable bonds is 2. The maximum atomic E-state index is 10.1. The average Bonchev–Trinajstić information content (AvgIpc) is 2.65. The van der Waals surface area contributed by atoms with Gasteiger partial charge in [-0.2, -0.15) is 0 Å². The standard InChI is InChI=1S/C11H12N2OS/c1-7-4-5-9(15-7)10(14)8-3-2-6-13-11(8)12/h2-6,10,14H,1H3,(H2,12,13). The molecule has 15 heavy (non-hydrogen) atoms. The molecule has 4 heteroatoms. The molecule has 0 aliphatic rings. The number of nitrogen functional groups attached to an aromatic ring is 1. The maximum Gasteiger partial charge on any atom is 0.129 e. The van der Waals surface area contributed by atoms with Crippen molar-refractivity contribution in [3.63, 3.8) is 0 Å². The van der Waals surface area contributed by atoms with Crippen molar-refractivity contribution in [1.29, 1.82) is 0 Å². The Morgan fingerprint density at radius 1 is 1.40 bits per heavy atom. The van der Waals surface area contributed by atoms with E-state index >= 15 is 0 Å². The van der Waals surface area contributed by atoms with Gasteiger partial charge in [-0.1, -0.05) is 6.07 Å². The lowest BCUT2D eigenvalue weighted by atomic mass is 10.1. The smallest absolute Gasteiger partial charge is 0.129 e. The van der Waals surface area contributed by atoms with Crippen molar-refractivity contribution >= 4 is 17.2 Å². The number of anilines is 1. The molecule has 0 amide bonds. The quantitative estimate of drug-likeness (QED) is 0.815. The molecule has 2 heterocycles. The fourth-order valence-electron chi connectivity index (χ4n) is 1.41. The normalized spacial score (nSPS) is 12.7. The lowest BCUT2D eigenvalue weighted by molar-refractivity contribution is 0.224. The average molecular weight is 220 g/mol. The molecule has 0 radical (unpaired) electrons. The molecule has 0 saturated heterocycles. The van der Waals surface area contributed by atoms with Crippen LogP contribution in [0.1, 0.15) is 21.4 Å². The summed E-state index contributed by atoms with van der Waals surface area (Å²) >= 11 is 1.57. The highest BCUT2D eigenvalue weighted by Crippen LogP contribution is 2.29. The SMILES string of the molecule is Cc1ccc(C(O)c2cccnc2N)s1. The van der Waals surface area contributed by atoms with Crippen molar-refractivity contribution < 1.29 is 5.11 Å². The number of thiophene rings is 1. The summed E-state index contributed by atoms with van der Waals surface area (Å²) in [7, 11) is 0. The molecule has 0 saturated carbocycles. The fraction of sp³-hybridized carbons (Fsp3) is 0.182. The van der Waals surface area contributed by atoms with Gasteiger partial charge in [0.25, 0.3) is 0 Å². The minimum absolute atomic E-state index is 0.385. The van der Waals surface area contributed by atoms with Gasteiger partial charge in [-0.3, -0.25) is 0 Å². The zero-order valence-corrected chi connectivity index (χ0v) is 9.16. The lowest BCUT2D eigenvalue weighted by Gasteiger charge is -2.10. The van der Waals surface area contributed by atoms with Gasteiger partial charge in [-0.25, -0.2) is 4.98 Å². The van der Waals surface area contributed by atoms with Gasteiger partial charge in [0.1, 0.15) is 11.9 Å². The van der Waals surface area contributed by atoms with E-state index in [4.69, 9.17) is 5.73 Å². The van der Waals surface area contributed by atoms with Gasteiger partial charge in [0, 0.05) is 21.5 Å². The molecule has 1 atom stereocenters. The summed E-state index contributed by atoms with van der Waals surface area (Å²) in [6.45, 7) is 2.01. The molecular weight excluding hydrogens is 208 g/mol. The van der Waals surface area contributed by atoms with Crippen LogP contribution in [-0.4, -0.2) is 10.1 Å². The van der Waals surface area contributed by atoms with Gasteiger partial charge in [0.2, 0.25) is 0 Å². The summed E-state index contributed by atoms with van der Waals surface area (Å²) in [4.78, 5) is 6.02. The third-order valence-electron chi connectivity index (χ3n) is 2.20. The summed E-state index contributed by atoms with van der Waals surface area (Å²) < 4.78 is 0. The number of nitrogens with zero attached hydrogens (tertiary/aromatic N) is 1. The first-order chi connectivity index (χ1) is 7.18. The van der Waals surface area contributed by atoms with E-state index < -0.39 is 6.10 Å². The topological polar surface area (TPSA) is 59.1 Å². The van der Waals surface area contributed by atoms with Crippen LogP contribution in [0.3, 0.4) is 0 Å². The Balaban J connectivity index is 2.36. The number of pyridine rings is 1. The Bertz CT molecular complexity index is 467. The molecule has 78 valence electrons. The highest BCUT2D eigenvalue weighted by atomic mass is 32.1. The van der Waals surface area contributed by atoms with Gasteiger partial charge >= 0.3 is 0 Å². The fourth-order valence-corrected chi connectivity index (χ4v) is 2.30. The first-order valence-corrected chi connectivity index (χ1v) is 5.45. The van der Waals surface area contributed by atoms with Crippen molar-refractivity contribution in [2.45, 2.75) is 13.0 Å². The van der Waals surface area contributed by atoms with Crippen LogP contribution in [-0.2, 0) is 0 Å². The minimum Gasteiger partial charge on any atom is -0.383 e. The lowest BCUT2D eigenvalue weighted by Crippen LogP contribution is -2.03. The van der Waals surface area contributed by atoms with Crippen LogP contribution in [0.5, 0.6) is 0 Å². The molecule has 2 aromatic rings. The molecular formula is C11H12N2OS. The van der Waals surface area contributed by atoms with Crippen LogP contribution in [0.15, 0.2) is 30.5 Å². The first kappa shape index (κ1) is 10.1. The predicted molar refractivity (Wildman–Crippen MR) is 61.8 cm³/mol. The Morgan fingerprint density at radius 3 is 2.80 bits per heavy atom. The Labute approximate surface area is 92.2 Å². The van der Waals surface area contributed by atoms with Crippen molar-refractivity contribution in [2.24, 2.45) is 0 Å². The zero-order valence-electron chi connectivity index (χ0n) is 8.34. The van der Waals surface area contributed by atoms with Crippen LogP contribution in [0.2, 0.25) is 0 Å². The largest absolute Gasteiger partial charge is 0.383 e. The number of hydrogen-bond donors (Lipinski definition) is 2. The number of hydrogen-bond acceptors (Lipinski definition) is 4. The number of nitrogens with two attached hydrogens (primary N) is 1. The van der Waals surface area contributed by atoms with E-state index in [0.29, 0.717) is 11.4 Å². The summed E-state index contributed by atoms with van der Waals surface area (Å²) in [6.07, 6.45) is 0.947. The molecule has 0 bridgehead atoms. The van der Waals surface area contributed by atoms with Crippen molar-refractivity contribution in [1.82, 2.24) is 4.98 Å². The second-order valence-electron chi connectivity index (χ2n) is 3.33. The van der Waals surface area contributed by atoms with Crippen molar-refractivity contribution in [3.05, 3.63) is 45.8 Å². The van der Waals surface area contributed by atoms with E-state index in [1.165, 1.54) is 4.88 Å². The van der Waals surface area contributed by atoms with Gasteiger partial charge in [-0.15, -0.1) is 11.3 Å². The molecule has 1 unspecified atom stereocenters. The minimum atomic E-state index is -0.669. The molecule has 3 N–H and O–H groups in total. The molecule has 0 fully saturated rings. The first-order valence-electron chi connectivity index (χ1n) is 4.63. The third-order valence-corrected chi connectivity index (χ3v) is 3.25. The molecule has 0 aliphatic heterocycles. The summed E-state index contributed by atoms with van der Waals surface area (Å²) in [6, 6.07) is 7.46. The van der Waals surface area contributed by atoms with E-state index in [2.05, 4.69) is 4.98 Å². The Kier molecular flexibility index (Phi) is 2.70. The molecule has 3 nitrogen and oxygen atoms in total. The maximum absolute atomic E-state index is 10.1. The highest BCUT2D eigenvalue weighted by Gasteiger charge is 2.15. The predicted octanol–water partition coefficient (Wildman–Crippen LogP) is 2.12. The molecule has 0 aromatic carbocycles. The van der Waals surface area contributed by atoms with Gasteiger partial charge in [-0.05, 0) is 25.1 Å². The Hall–Kier alpha value is -1.39. The van der Waals surface area contributed by atoms with Gasteiger partial charge in [0.05, 0.1) is 0 Å². The van der Waals surface area contributed by atoms with Crippen LogP contribution in [0.4, 0.5) is 5.82 Å².